The van der Waals surface area contributed by atoms with Gasteiger partial charge in [-0.05, 0) is 29.6 Å². The van der Waals surface area contributed by atoms with E-state index in [-0.39, 0.29) is 0 Å². The van der Waals surface area contributed by atoms with Crippen molar-refractivity contribution in [2.24, 2.45) is 23.2 Å². The topological polar surface area (TPSA) is 9.23 Å². The van der Waals surface area contributed by atoms with Gasteiger partial charge < -0.3 is 4.74 Å². The summed E-state index contributed by atoms with van der Waals surface area (Å²) in [6, 6.07) is 0. The average Bonchev–Trinajstić information content (AvgIpc) is 2.48. The SMILES string of the molecule is CC(C)C(C)(C)C1C2CCOC21. The molecule has 1 saturated carbocycles. The van der Waals surface area contributed by atoms with Gasteiger partial charge >= 0.3 is 0 Å². The summed E-state index contributed by atoms with van der Waals surface area (Å²) in [5.74, 6) is 2.53. The van der Waals surface area contributed by atoms with E-state index in [4.69, 9.17) is 4.74 Å². The predicted octanol–water partition coefficient (Wildman–Crippen LogP) is 2.70. The molecule has 3 unspecified atom stereocenters. The van der Waals surface area contributed by atoms with E-state index in [1.165, 1.54) is 6.42 Å². The van der Waals surface area contributed by atoms with Crippen LogP contribution in [0.2, 0.25) is 0 Å². The Morgan fingerprint density at radius 3 is 2.42 bits per heavy atom. The van der Waals surface area contributed by atoms with E-state index < -0.39 is 0 Å². The van der Waals surface area contributed by atoms with E-state index in [1.807, 2.05) is 0 Å². The van der Waals surface area contributed by atoms with Gasteiger partial charge in [-0.2, -0.15) is 0 Å². The molecule has 1 nitrogen and oxygen atoms in total. The van der Waals surface area contributed by atoms with Crippen molar-refractivity contribution in [1.82, 2.24) is 0 Å². The second-order valence-corrected chi connectivity index (χ2v) is 5.29. The Kier molecular flexibility index (Phi) is 1.76. The van der Waals surface area contributed by atoms with Crippen molar-refractivity contribution in [3.05, 3.63) is 0 Å². The number of hydrogen-bond acceptors (Lipinski definition) is 1. The van der Waals surface area contributed by atoms with E-state index in [0.717, 1.165) is 24.4 Å². The van der Waals surface area contributed by atoms with Gasteiger partial charge in [0.1, 0.15) is 0 Å². The van der Waals surface area contributed by atoms with Gasteiger partial charge in [0.2, 0.25) is 0 Å². The van der Waals surface area contributed by atoms with E-state index in [1.54, 1.807) is 0 Å². The summed E-state index contributed by atoms with van der Waals surface area (Å²) in [6.45, 7) is 10.5. The first kappa shape index (κ1) is 8.55. The minimum atomic E-state index is 0.482. The fraction of sp³-hybridized carbons (Fsp3) is 1.00. The first-order chi connectivity index (χ1) is 5.55. The maximum absolute atomic E-state index is 5.68. The van der Waals surface area contributed by atoms with E-state index in [9.17, 15) is 0 Å². The molecule has 0 N–H and O–H groups in total. The van der Waals surface area contributed by atoms with Crippen molar-refractivity contribution in [2.75, 3.05) is 6.61 Å². The number of rotatable bonds is 2. The third kappa shape index (κ3) is 1.02. The minimum absolute atomic E-state index is 0.482. The van der Waals surface area contributed by atoms with Crippen molar-refractivity contribution in [3.63, 3.8) is 0 Å². The van der Waals surface area contributed by atoms with Crippen LogP contribution in [0.3, 0.4) is 0 Å². The highest BCUT2D eigenvalue weighted by atomic mass is 16.5. The molecule has 1 aliphatic heterocycles. The molecule has 1 aliphatic carbocycles. The monoisotopic (exact) mass is 168 g/mol. The number of fused-ring (bicyclic) bond motifs is 1. The quantitative estimate of drug-likeness (QED) is 0.616. The molecule has 70 valence electrons. The van der Waals surface area contributed by atoms with Crippen LogP contribution in [0.15, 0.2) is 0 Å². The molecule has 0 bridgehead atoms. The van der Waals surface area contributed by atoms with Gasteiger partial charge in [0.25, 0.3) is 0 Å². The fourth-order valence-electron chi connectivity index (χ4n) is 2.61. The molecule has 0 amide bonds. The van der Waals surface area contributed by atoms with Crippen LogP contribution < -0.4 is 0 Å². The zero-order valence-corrected chi connectivity index (χ0v) is 8.63. The van der Waals surface area contributed by atoms with Gasteiger partial charge in [-0.3, -0.25) is 0 Å². The molecule has 1 heterocycles. The molecule has 1 heteroatoms. The molecule has 1 saturated heterocycles. The molecule has 3 atom stereocenters. The lowest BCUT2D eigenvalue weighted by atomic mass is 9.75. The third-order valence-corrected chi connectivity index (χ3v) is 4.20. The second kappa shape index (κ2) is 2.47. The molecule has 12 heavy (non-hydrogen) atoms. The van der Waals surface area contributed by atoms with Crippen LogP contribution in [-0.4, -0.2) is 12.7 Å². The van der Waals surface area contributed by atoms with E-state index in [2.05, 4.69) is 27.7 Å². The summed E-state index contributed by atoms with van der Waals surface area (Å²) >= 11 is 0. The lowest BCUT2D eigenvalue weighted by molar-refractivity contribution is 0.0835. The van der Waals surface area contributed by atoms with Crippen molar-refractivity contribution >= 4 is 0 Å². The molecule has 0 aromatic heterocycles. The van der Waals surface area contributed by atoms with Crippen LogP contribution in [0.1, 0.15) is 34.1 Å². The summed E-state index contributed by atoms with van der Waals surface area (Å²) in [6.07, 6.45) is 1.94. The normalized spacial score (nSPS) is 40.2. The molecular formula is C11H20O. The maximum atomic E-state index is 5.68. The summed E-state index contributed by atoms with van der Waals surface area (Å²) in [5, 5.41) is 0. The Labute approximate surface area is 75.5 Å². The van der Waals surface area contributed by atoms with Gasteiger partial charge in [-0.25, -0.2) is 0 Å². The van der Waals surface area contributed by atoms with Crippen LogP contribution >= 0.6 is 0 Å². The van der Waals surface area contributed by atoms with Gasteiger partial charge in [0.15, 0.2) is 0 Å². The molecule has 2 aliphatic rings. The van der Waals surface area contributed by atoms with Gasteiger partial charge in [-0.1, -0.05) is 27.7 Å². The highest BCUT2D eigenvalue weighted by Crippen LogP contribution is 2.59. The van der Waals surface area contributed by atoms with Crippen LogP contribution in [0.25, 0.3) is 0 Å². The van der Waals surface area contributed by atoms with Gasteiger partial charge in [0.05, 0.1) is 6.10 Å². The molecular weight excluding hydrogens is 148 g/mol. The third-order valence-electron chi connectivity index (χ3n) is 4.20. The maximum Gasteiger partial charge on any atom is 0.0644 e. The zero-order chi connectivity index (χ0) is 8.93. The highest BCUT2D eigenvalue weighted by molar-refractivity contribution is 5.08. The Balaban J connectivity index is 2.03. The number of ether oxygens (including phenoxy) is 1. The first-order valence-corrected chi connectivity index (χ1v) is 5.16. The lowest BCUT2D eigenvalue weighted by Crippen LogP contribution is -2.25. The second-order valence-electron chi connectivity index (χ2n) is 5.29. The molecule has 0 spiro atoms. The number of hydrogen-bond donors (Lipinski definition) is 0. The molecule has 0 aromatic carbocycles. The van der Waals surface area contributed by atoms with Gasteiger partial charge in [-0.15, -0.1) is 0 Å². The van der Waals surface area contributed by atoms with Gasteiger partial charge in [0, 0.05) is 6.61 Å². The van der Waals surface area contributed by atoms with Crippen molar-refractivity contribution in [2.45, 2.75) is 40.2 Å². The first-order valence-electron chi connectivity index (χ1n) is 5.16. The average molecular weight is 168 g/mol. The Bertz CT molecular complexity index is 173. The highest BCUT2D eigenvalue weighted by Gasteiger charge is 2.61. The Morgan fingerprint density at radius 2 is 2.00 bits per heavy atom. The Morgan fingerprint density at radius 1 is 1.33 bits per heavy atom. The van der Waals surface area contributed by atoms with E-state index >= 15 is 0 Å². The summed E-state index contributed by atoms with van der Waals surface area (Å²) in [4.78, 5) is 0. The van der Waals surface area contributed by atoms with Crippen LogP contribution in [0.4, 0.5) is 0 Å². The lowest BCUT2D eigenvalue weighted by Gasteiger charge is -2.31. The summed E-state index contributed by atoms with van der Waals surface area (Å²) in [7, 11) is 0. The summed E-state index contributed by atoms with van der Waals surface area (Å²) in [5.41, 5.74) is 0.482. The van der Waals surface area contributed by atoms with E-state index in [0.29, 0.717) is 11.5 Å². The molecule has 0 aromatic rings. The van der Waals surface area contributed by atoms with Crippen molar-refractivity contribution < 1.29 is 4.74 Å². The Hall–Kier alpha value is -0.0400. The fourth-order valence-corrected chi connectivity index (χ4v) is 2.61. The predicted molar refractivity (Wildman–Crippen MR) is 50.0 cm³/mol. The largest absolute Gasteiger partial charge is 0.378 e. The van der Waals surface area contributed by atoms with Crippen LogP contribution in [0.5, 0.6) is 0 Å². The van der Waals surface area contributed by atoms with Crippen LogP contribution in [0, 0.1) is 23.2 Å². The molecule has 0 radical (unpaired) electrons. The van der Waals surface area contributed by atoms with Crippen LogP contribution in [-0.2, 0) is 4.74 Å². The summed E-state index contributed by atoms with van der Waals surface area (Å²) < 4.78 is 5.68. The smallest absolute Gasteiger partial charge is 0.0644 e. The zero-order valence-electron chi connectivity index (χ0n) is 8.63. The molecule has 2 rings (SSSR count). The van der Waals surface area contributed by atoms with Crippen molar-refractivity contribution in [3.8, 4) is 0 Å². The van der Waals surface area contributed by atoms with Crippen molar-refractivity contribution in [1.29, 1.82) is 0 Å². The minimum Gasteiger partial charge on any atom is -0.378 e. The standard InChI is InChI=1S/C11H20O/c1-7(2)11(3,4)9-8-5-6-12-10(8)9/h7-10H,5-6H2,1-4H3. The molecule has 2 fully saturated rings.